The number of fused-ring (bicyclic) bond motifs is 2. The molecular formula is C18H17FN2S2. The highest BCUT2D eigenvalue weighted by Crippen LogP contribution is 2.39. The number of hydrogen-bond acceptors (Lipinski definition) is 3. The highest BCUT2D eigenvalue weighted by atomic mass is 32.2. The van der Waals surface area contributed by atoms with Crippen LogP contribution in [0.25, 0.3) is 22.0 Å². The number of aromatic nitrogens is 1. The number of rotatable bonds is 4. The van der Waals surface area contributed by atoms with Crippen molar-refractivity contribution in [3.63, 3.8) is 0 Å². The van der Waals surface area contributed by atoms with Crippen molar-refractivity contribution in [2.75, 3.05) is 18.6 Å². The van der Waals surface area contributed by atoms with Gasteiger partial charge in [0.15, 0.2) is 0 Å². The molecule has 2 aromatic carbocycles. The van der Waals surface area contributed by atoms with Gasteiger partial charge in [0.05, 0.1) is 0 Å². The van der Waals surface area contributed by atoms with Crippen molar-refractivity contribution in [3.8, 4) is 11.1 Å². The Bertz CT molecular complexity index is 859. The fraction of sp³-hybridized carbons (Fsp3) is 0.222. The van der Waals surface area contributed by atoms with Crippen LogP contribution in [0.4, 0.5) is 4.39 Å². The molecule has 1 N–H and O–H groups in total. The third-order valence-electron chi connectivity index (χ3n) is 4.13. The topological polar surface area (TPSA) is 19.0 Å². The van der Waals surface area contributed by atoms with E-state index in [0.717, 1.165) is 35.3 Å². The molecule has 1 aliphatic rings. The normalized spacial score (nSPS) is 14.5. The number of aromatic amines is 1. The second-order valence-electron chi connectivity index (χ2n) is 5.66. The largest absolute Gasteiger partial charge is 0.360 e. The Hall–Kier alpha value is -1.43. The Labute approximate surface area is 143 Å². The van der Waals surface area contributed by atoms with Crippen LogP contribution in [0.15, 0.2) is 47.5 Å². The summed E-state index contributed by atoms with van der Waals surface area (Å²) in [5.41, 5.74) is 4.55. The van der Waals surface area contributed by atoms with Gasteiger partial charge in [-0.1, -0.05) is 6.07 Å². The van der Waals surface area contributed by atoms with E-state index in [9.17, 15) is 4.39 Å². The second kappa shape index (κ2) is 6.23. The first kappa shape index (κ1) is 15.1. The van der Waals surface area contributed by atoms with Gasteiger partial charge in [0, 0.05) is 46.4 Å². The van der Waals surface area contributed by atoms with Crippen LogP contribution in [-0.4, -0.2) is 27.8 Å². The lowest BCUT2D eigenvalue weighted by Crippen LogP contribution is -2.13. The molecule has 1 aliphatic heterocycles. The van der Waals surface area contributed by atoms with Crippen LogP contribution in [0.2, 0.25) is 0 Å². The van der Waals surface area contributed by atoms with Gasteiger partial charge in [0.25, 0.3) is 0 Å². The first-order valence-corrected chi connectivity index (χ1v) is 9.73. The van der Waals surface area contributed by atoms with Gasteiger partial charge in [-0.25, -0.2) is 8.70 Å². The summed E-state index contributed by atoms with van der Waals surface area (Å²) < 4.78 is 15.8. The van der Waals surface area contributed by atoms with Gasteiger partial charge >= 0.3 is 0 Å². The molecule has 5 heteroatoms. The van der Waals surface area contributed by atoms with Gasteiger partial charge in [-0.2, -0.15) is 11.8 Å². The van der Waals surface area contributed by atoms with E-state index in [1.54, 1.807) is 6.07 Å². The van der Waals surface area contributed by atoms with E-state index >= 15 is 0 Å². The van der Waals surface area contributed by atoms with Gasteiger partial charge in [-0.05, 0) is 59.7 Å². The molecule has 0 saturated carbocycles. The summed E-state index contributed by atoms with van der Waals surface area (Å²) in [6.07, 6.45) is 4.12. The molecule has 3 aromatic rings. The molecule has 118 valence electrons. The zero-order chi connectivity index (χ0) is 15.8. The number of halogens is 1. The van der Waals surface area contributed by atoms with Gasteiger partial charge in [-0.15, -0.1) is 0 Å². The summed E-state index contributed by atoms with van der Waals surface area (Å²) in [6, 6.07) is 11.6. The van der Waals surface area contributed by atoms with Crippen molar-refractivity contribution in [1.29, 1.82) is 0 Å². The SMILES string of the molecule is CSCCN1Cc2cc(-c3c[nH]c4cc(F)ccc34)ccc2S1. The molecule has 2 heterocycles. The number of benzene rings is 2. The number of hydrogen-bond donors (Lipinski definition) is 1. The van der Waals surface area contributed by atoms with Crippen molar-refractivity contribution in [3.05, 3.63) is 54.0 Å². The molecule has 23 heavy (non-hydrogen) atoms. The van der Waals surface area contributed by atoms with E-state index in [1.807, 2.05) is 36.0 Å². The van der Waals surface area contributed by atoms with Gasteiger partial charge in [0.2, 0.25) is 0 Å². The molecule has 0 saturated heterocycles. The molecule has 0 radical (unpaired) electrons. The molecule has 0 atom stereocenters. The van der Waals surface area contributed by atoms with Crippen LogP contribution in [0.5, 0.6) is 0 Å². The summed E-state index contributed by atoms with van der Waals surface area (Å²) >= 11 is 3.73. The lowest BCUT2D eigenvalue weighted by molar-refractivity contribution is 0.511. The number of nitrogens with one attached hydrogen (secondary N) is 1. The van der Waals surface area contributed by atoms with Crippen molar-refractivity contribution in [1.82, 2.24) is 9.29 Å². The maximum absolute atomic E-state index is 13.3. The van der Waals surface area contributed by atoms with E-state index in [0.29, 0.717) is 0 Å². The van der Waals surface area contributed by atoms with Gasteiger partial charge in [-0.3, -0.25) is 0 Å². The fourth-order valence-electron chi connectivity index (χ4n) is 2.98. The van der Waals surface area contributed by atoms with Crippen LogP contribution in [-0.2, 0) is 6.54 Å². The maximum atomic E-state index is 13.3. The maximum Gasteiger partial charge on any atom is 0.125 e. The number of H-pyrrole nitrogens is 1. The second-order valence-corrected chi connectivity index (χ2v) is 7.79. The summed E-state index contributed by atoms with van der Waals surface area (Å²) in [5.74, 6) is 0.947. The van der Waals surface area contributed by atoms with E-state index in [1.165, 1.54) is 22.1 Å². The monoisotopic (exact) mass is 344 g/mol. The van der Waals surface area contributed by atoms with Crippen molar-refractivity contribution >= 4 is 34.6 Å². The quantitative estimate of drug-likeness (QED) is 0.660. The Balaban J connectivity index is 1.66. The first-order valence-electron chi connectivity index (χ1n) is 7.56. The van der Waals surface area contributed by atoms with Gasteiger partial charge in [0.1, 0.15) is 5.82 Å². The minimum absolute atomic E-state index is 0.208. The molecule has 0 bridgehead atoms. The van der Waals surface area contributed by atoms with E-state index in [2.05, 4.69) is 33.7 Å². The molecular weight excluding hydrogens is 327 g/mol. The Morgan fingerprint density at radius 1 is 1.26 bits per heavy atom. The third-order valence-corrected chi connectivity index (χ3v) is 5.89. The summed E-state index contributed by atoms with van der Waals surface area (Å²) in [6.45, 7) is 2.09. The molecule has 0 aliphatic carbocycles. The Kier molecular flexibility index (Phi) is 4.09. The highest BCUT2D eigenvalue weighted by Gasteiger charge is 2.20. The standard InChI is InChI=1S/C18H17FN2S2/c1-22-7-6-21-11-13-8-12(2-5-18(13)23-21)16-10-20-17-9-14(19)3-4-15(16)17/h2-5,8-10,20H,6-7,11H2,1H3. The highest BCUT2D eigenvalue weighted by molar-refractivity contribution is 7.99. The predicted molar refractivity (Wildman–Crippen MR) is 98.3 cm³/mol. The zero-order valence-electron chi connectivity index (χ0n) is 12.8. The van der Waals surface area contributed by atoms with Crippen molar-refractivity contribution in [2.24, 2.45) is 0 Å². The minimum atomic E-state index is -0.208. The predicted octanol–water partition coefficient (Wildman–Crippen LogP) is 5.16. The third kappa shape index (κ3) is 2.89. The van der Waals surface area contributed by atoms with Crippen molar-refractivity contribution in [2.45, 2.75) is 11.4 Å². The Morgan fingerprint density at radius 3 is 3.04 bits per heavy atom. The number of nitrogens with zero attached hydrogens (tertiary/aromatic N) is 1. The summed E-state index contributed by atoms with van der Waals surface area (Å²) in [4.78, 5) is 4.52. The molecule has 0 spiro atoms. The van der Waals surface area contributed by atoms with Crippen LogP contribution in [0.1, 0.15) is 5.56 Å². The molecule has 0 fully saturated rings. The molecule has 2 nitrogen and oxygen atoms in total. The molecule has 1 aromatic heterocycles. The smallest absolute Gasteiger partial charge is 0.125 e. The molecule has 4 rings (SSSR count). The first-order chi connectivity index (χ1) is 11.2. The number of thioether (sulfide) groups is 1. The van der Waals surface area contributed by atoms with Crippen LogP contribution in [0.3, 0.4) is 0 Å². The average molecular weight is 344 g/mol. The zero-order valence-corrected chi connectivity index (χ0v) is 14.4. The van der Waals surface area contributed by atoms with E-state index in [4.69, 9.17) is 0 Å². The van der Waals surface area contributed by atoms with E-state index in [-0.39, 0.29) is 5.82 Å². The van der Waals surface area contributed by atoms with Crippen molar-refractivity contribution < 1.29 is 4.39 Å². The lowest BCUT2D eigenvalue weighted by atomic mass is 10.0. The van der Waals surface area contributed by atoms with Gasteiger partial charge < -0.3 is 4.98 Å². The minimum Gasteiger partial charge on any atom is -0.360 e. The Morgan fingerprint density at radius 2 is 2.17 bits per heavy atom. The summed E-state index contributed by atoms with van der Waals surface area (Å²) in [5, 5.41) is 1.07. The molecule has 0 amide bonds. The summed E-state index contributed by atoms with van der Waals surface area (Å²) in [7, 11) is 0. The van der Waals surface area contributed by atoms with E-state index < -0.39 is 0 Å². The molecule has 0 unspecified atom stereocenters. The van der Waals surface area contributed by atoms with Crippen LogP contribution >= 0.6 is 23.7 Å². The van der Waals surface area contributed by atoms with Crippen LogP contribution < -0.4 is 0 Å². The average Bonchev–Trinajstić information content (AvgIpc) is 3.14. The van der Waals surface area contributed by atoms with Crippen LogP contribution in [0, 0.1) is 5.82 Å². The fourth-order valence-corrected chi connectivity index (χ4v) is 4.53. The lowest BCUT2D eigenvalue weighted by Gasteiger charge is -2.11.